The highest BCUT2D eigenvalue weighted by molar-refractivity contribution is 6.22. The summed E-state index contributed by atoms with van der Waals surface area (Å²) in [7, 11) is 0. The molecule has 60 heavy (non-hydrogen) atoms. The summed E-state index contributed by atoms with van der Waals surface area (Å²) >= 11 is 0. The second kappa shape index (κ2) is 15.0. The Morgan fingerprint density at radius 2 is 0.767 bits per heavy atom. The fourth-order valence-corrected chi connectivity index (χ4v) is 8.13. The van der Waals surface area contributed by atoms with E-state index in [4.69, 9.17) is 19.4 Å². The molecule has 0 aliphatic carbocycles. The lowest BCUT2D eigenvalue weighted by atomic mass is 9.97. The predicted octanol–water partition coefficient (Wildman–Crippen LogP) is 14.7. The van der Waals surface area contributed by atoms with E-state index in [1.165, 1.54) is 11.1 Å². The van der Waals surface area contributed by atoms with Crippen molar-refractivity contribution >= 4 is 49.8 Å². The van der Waals surface area contributed by atoms with Crippen LogP contribution < -0.4 is 4.90 Å². The Kier molecular flexibility index (Phi) is 8.75. The molecule has 0 N–H and O–H groups in total. The van der Waals surface area contributed by atoms with Crippen molar-refractivity contribution in [1.82, 2.24) is 15.0 Å². The Morgan fingerprint density at radius 3 is 1.38 bits per heavy atom. The number of para-hydroxylation sites is 2. The zero-order chi connectivity index (χ0) is 39.8. The number of furan rings is 1. The minimum atomic E-state index is 0.627. The second-order valence-electron chi connectivity index (χ2n) is 14.8. The highest BCUT2D eigenvalue weighted by Gasteiger charge is 2.22. The van der Waals surface area contributed by atoms with Crippen LogP contribution in [0.15, 0.2) is 223 Å². The number of hydrogen-bond acceptors (Lipinski definition) is 5. The lowest BCUT2D eigenvalue weighted by Crippen LogP contribution is -2.10. The van der Waals surface area contributed by atoms with Gasteiger partial charge in [-0.05, 0) is 70.1 Å². The van der Waals surface area contributed by atoms with Crippen LogP contribution in [0.2, 0.25) is 0 Å². The molecule has 11 aromatic rings. The van der Waals surface area contributed by atoms with Gasteiger partial charge in [-0.25, -0.2) is 15.0 Å². The first kappa shape index (κ1) is 35.0. The standard InChI is InChI=1S/C55H36N4O/c1-5-15-37(16-6-1)38-31-33-46(34-32-38)59(45-21-11-4-12-22-45)49-36-44-30-29-43(35-48(44)52-51(49)47-23-13-14-24-50(47)60-52)39-25-27-42(28-26-39)55-57-53(40-17-7-2-8-18-40)56-54(58-55)41-19-9-3-10-20-41/h1-36H. The molecule has 0 amide bonds. The van der Waals surface area contributed by atoms with Gasteiger partial charge in [-0.2, -0.15) is 0 Å². The number of nitrogens with zero attached hydrogens (tertiary/aromatic N) is 4. The molecular weight excluding hydrogens is 733 g/mol. The van der Waals surface area contributed by atoms with E-state index in [9.17, 15) is 0 Å². The van der Waals surface area contributed by atoms with Crippen molar-refractivity contribution in [3.05, 3.63) is 218 Å². The molecule has 0 aliphatic heterocycles. The summed E-state index contributed by atoms with van der Waals surface area (Å²) in [4.78, 5) is 17.1. The van der Waals surface area contributed by atoms with Crippen LogP contribution in [-0.2, 0) is 0 Å². The molecule has 0 saturated carbocycles. The Bertz CT molecular complexity index is 3220. The lowest BCUT2D eigenvalue weighted by molar-refractivity contribution is 0.672. The van der Waals surface area contributed by atoms with Gasteiger partial charge < -0.3 is 9.32 Å². The van der Waals surface area contributed by atoms with Crippen LogP contribution in [0.4, 0.5) is 17.1 Å². The molecule has 5 heteroatoms. The molecule has 0 atom stereocenters. The molecular formula is C55H36N4O. The summed E-state index contributed by atoms with van der Waals surface area (Å²) in [6.07, 6.45) is 0. The summed E-state index contributed by atoms with van der Waals surface area (Å²) in [6, 6.07) is 75.8. The van der Waals surface area contributed by atoms with Gasteiger partial charge in [-0.15, -0.1) is 0 Å². The van der Waals surface area contributed by atoms with Crippen molar-refractivity contribution in [2.24, 2.45) is 0 Å². The number of aromatic nitrogens is 3. The van der Waals surface area contributed by atoms with Gasteiger partial charge in [0.05, 0.1) is 11.1 Å². The first-order valence-corrected chi connectivity index (χ1v) is 20.1. The molecule has 282 valence electrons. The van der Waals surface area contributed by atoms with Crippen molar-refractivity contribution in [1.29, 1.82) is 0 Å². The summed E-state index contributed by atoms with van der Waals surface area (Å²) < 4.78 is 6.82. The van der Waals surface area contributed by atoms with Gasteiger partial charge in [0.25, 0.3) is 0 Å². The van der Waals surface area contributed by atoms with E-state index in [0.29, 0.717) is 17.5 Å². The van der Waals surface area contributed by atoms with Gasteiger partial charge in [0.1, 0.15) is 11.2 Å². The molecule has 2 aromatic heterocycles. The largest absolute Gasteiger partial charge is 0.455 e. The van der Waals surface area contributed by atoms with Crippen molar-refractivity contribution in [2.45, 2.75) is 0 Å². The smallest absolute Gasteiger partial charge is 0.164 e. The van der Waals surface area contributed by atoms with Crippen LogP contribution in [0.25, 0.3) is 89.1 Å². The van der Waals surface area contributed by atoms with Crippen LogP contribution >= 0.6 is 0 Å². The predicted molar refractivity (Wildman–Crippen MR) is 246 cm³/mol. The fourth-order valence-electron chi connectivity index (χ4n) is 8.13. The summed E-state index contributed by atoms with van der Waals surface area (Å²) in [5, 5.41) is 4.28. The van der Waals surface area contributed by atoms with Gasteiger partial charge in [0.2, 0.25) is 0 Å². The summed E-state index contributed by atoms with van der Waals surface area (Å²) in [5.41, 5.74) is 12.2. The third kappa shape index (κ3) is 6.45. The first-order valence-electron chi connectivity index (χ1n) is 20.1. The van der Waals surface area contributed by atoms with E-state index in [-0.39, 0.29) is 0 Å². The van der Waals surface area contributed by atoms with E-state index in [2.05, 4.69) is 157 Å². The Hall–Kier alpha value is -8.15. The topological polar surface area (TPSA) is 55.1 Å². The lowest BCUT2D eigenvalue weighted by Gasteiger charge is -2.27. The highest BCUT2D eigenvalue weighted by Crippen LogP contribution is 2.46. The second-order valence-corrected chi connectivity index (χ2v) is 14.8. The Labute approximate surface area is 347 Å². The first-order chi connectivity index (χ1) is 29.7. The molecule has 0 radical (unpaired) electrons. The summed E-state index contributed by atoms with van der Waals surface area (Å²) in [5.74, 6) is 1.91. The highest BCUT2D eigenvalue weighted by atomic mass is 16.3. The minimum absolute atomic E-state index is 0.627. The van der Waals surface area contributed by atoms with E-state index in [0.717, 1.165) is 77.6 Å². The van der Waals surface area contributed by atoms with Gasteiger partial charge in [0, 0.05) is 38.8 Å². The molecule has 0 saturated heterocycles. The zero-order valence-electron chi connectivity index (χ0n) is 32.5. The maximum atomic E-state index is 6.82. The van der Waals surface area contributed by atoms with Gasteiger partial charge in [-0.3, -0.25) is 0 Å². The summed E-state index contributed by atoms with van der Waals surface area (Å²) in [6.45, 7) is 0. The van der Waals surface area contributed by atoms with Crippen LogP contribution in [0.3, 0.4) is 0 Å². The zero-order valence-corrected chi connectivity index (χ0v) is 32.5. The molecule has 2 heterocycles. The third-order valence-corrected chi connectivity index (χ3v) is 11.1. The van der Waals surface area contributed by atoms with E-state index in [1.54, 1.807) is 0 Å². The number of hydrogen-bond donors (Lipinski definition) is 0. The van der Waals surface area contributed by atoms with Crippen LogP contribution in [-0.4, -0.2) is 15.0 Å². The maximum Gasteiger partial charge on any atom is 0.164 e. The third-order valence-electron chi connectivity index (χ3n) is 11.1. The van der Waals surface area contributed by atoms with Gasteiger partial charge >= 0.3 is 0 Å². The maximum absolute atomic E-state index is 6.82. The number of rotatable bonds is 8. The van der Waals surface area contributed by atoms with E-state index < -0.39 is 0 Å². The Balaban J connectivity index is 1.02. The molecule has 0 bridgehead atoms. The molecule has 11 rings (SSSR count). The fraction of sp³-hybridized carbons (Fsp3) is 0. The van der Waals surface area contributed by atoms with E-state index in [1.807, 2.05) is 66.7 Å². The quantitative estimate of drug-likeness (QED) is 0.154. The molecule has 0 aliphatic rings. The average molecular weight is 769 g/mol. The Morgan fingerprint density at radius 1 is 0.333 bits per heavy atom. The van der Waals surface area contributed by atoms with Crippen LogP contribution in [0.5, 0.6) is 0 Å². The molecule has 5 nitrogen and oxygen atoms in total. The minimum Gasteiger partial charge on any atom is -0.455 e. The number of fused-ring (bicyclic) bond motifs is 5. The van der Waals surface area contributed by atoms with Crippen molar-refractivity contribution < 1.29 is 4.42 Å². The SMILES string of the molecule is c1ccc(-c2ccc(N(c3ccccc3)c3cc4ccc(-c5ccc(-c6nc(-c7ccccc7)nc(-c7ccccc7)n6)cc5)cc4c4oc5ccccc5c34)cc2)cc1. The van der Waals surface area contributed by atoms with Gasteiger partial charge in [-0.1, -0.05) is 176 Å². The van der Waals surface area contributed by atoms with Crippen LogP contribution in [0, 0.1) is 0 Å². The van der Waals surface area contributed by atoms with Gasteiger partial charge in [0.15, 0.2) is 17.5 Å². The molecule has 0 unspecified atom stereocenters. The van der Waals surface area contributed by atoms with E-state index >= 15 is 0 Å². The van der Waals surface area contributed by atoms with Crippen molar-refractivity contribution in [3.63, 3.8) is 0 Å². The normalized spacial score (nSPS) is 11.3. The number of anilines is 3. The monoisotopic (exact) mass is 768 g/mol. The van der Waals surface area contributed by atoms with Crippen molar-refractivity contribution in [3.8, 4) is 56.4 Å². The average Bonchev–Trinajstić information content (AvgIpc) is 3.73. The van der Waals surface area contributed by atoms with Crippen molar-refractivity contribution in [2.75, 3.05) is 4.90 Å². The molecule has 0 fully saturated rings. The number of benzene rings is 9. The molecule has 0 spiro atoms. The van der Waals surface area contributed by atoms with Crippen LogP contribution in [0.1, 0.15) is 0 Å². The molecule has 9 aromatic carbocycles.